The monoisotopic (exact) mass is 426 g/mol. The van der Waals surface area contributed by atoms with Gasteiger partial charge in [0.2, 0.25) is 0 Å². The molecule has 0 saturated heterocycles. The van der Waals surface area contributed by atoms with Gasteiger partial charge in [-0.2, -0.15) is 5.10 Å². The van der Waals surface area contributed by atoms with Crippen LogP contribution in [-0.2, 0) is 14.4 Å². The molecule has 0 aliphatic heterocycles. The third-order valence-electron chi connectivity index (χ3n) is 4.25. The summed E-state index contributed by atoms with van der Waals surface area (Å²) in [6, 6.07) is 13.7. The molecule has 0 unspecified atom stereocenters. The summed E-state index contributed by atoms with van der Waals surface area (Å²) < 4.78 is 10.5. The Morgan fingerprint density at radius 3 is 2.16 bits per heavy atom. The molecule has 2 N–H and O–H groups in total. The molecule has 0 aromatic heterocycles. The molecule has 164 valence electrons. The Hall–Kier alpha value is -3.88. The van der Waals surface area contributed by atoms with Crippen LogP contribution in [0.15, 0.2) is 53.6 Å². The number of anilines is 1. The van der Waals surface area contributed by atoms with Crippen LogP contribution in [0.25, 0.3) is 0 Å². The number of ether oxygens (including phenoxy) is 2. The molecule has 3 amide bonds. The van der Waals surface area contributed by atoms with Gasteiger partial charge in [0.15, 0.2) is 6.61 Å². The number of carbonyl (C=O) groups excluding carboxylic acids is 3. The zero-order chi connectivity index (χ0) is 22.6. The van der Waals surface area contributed by atoms with Crippen molar-refractivity contribution in [2.24, 2.45) is 5.10 Å². The van der Waals surface area contributed by atoms with Crippen LogP contribution in [0.4, 0.5) is 5.69 Å². The molecule has 0 atom stereocenters. The Labute approximate surface area is 181 Å². The Kier molecular flexibility index (Phi) is 9.03. The van der Waals surface area contributed by atoms with Crippen molar-refractivity contribution in [3.8, 4) is 11.5 Å². The molecule has 0 fully saturated rings. The van der Waals surface area contributed by atoms with E-state index in [1.807, 2.05) is 0 Å². The lowest BCUT2D eigenvalue weighted by Crippen LogP contribution is -2.41. The fourth-order valence-electron chi connectivity index (χ4n) is 2.54. The molecule has 2 aromatic carbocycles. The summed E-state index contributed by atoms with van der Waals surface area (Å²) in [7, 11) is 1.57. The van der Waals surface area contributed by atoms with Gasteiger partial charge in [0.1, 0.15) is 11.5 Å². The first-order valence-corrected chi connectivity index (χ1v) is 9.75. The number of hydrogen-bond acceptors (Lipinski definition) is 6. The SMILES string of the molecule is CCN(CC)C(=O)C(=O)N/N=C\c1ccc(OCC(=O)Nc2ccc(OC)cc2)cc1. The van der Waals surface area contributed by atoms with Gasteiger partial charge in [-0.15, -0.1) is 0 Å². The van der Waals surface area contributed by atoms with Crippen molar-refractivity contribution < 1.29 is 23.9 Å². The number of nitrogens with zero attached hydrogens (tertiary/aromatic N) is 2. The van der Waals surface area contributed by atoms with Crippen LogP contribution in [-0.4, -0.2) is 55.6 Å². The van der Waals surface area contributed by atoms with Crippen molar-refractivity contribution in [3.63, 3.8) is 0 Å². The molecule has 2 aromatic rings. The largest absolute Gasteiger partial charge is 0.497 e. The van der Waals surface area contributed by atoms with Crippen LogP contribution in [0.2, 0.25) is 0 Å². The van der Waals surface area contributed by atoms with E-state index < -0.39 is 11.8 Å². The molecular formula is C22H26N4O5. The molecule has 0 bridgehead atoms. The van der Waals surface area contributed by atoms with E-state index in [0.29, 0.717) is 35.8 Å². The highest BCUT2D eigenvalue weighted by Crippen LogP contribution is 2.15. The number of methoxy groups -OCH3 is 1. The van der Waals surface area contributed by atoms with Crippen molar-refractivity contribution in [3.05, 3.63) is 54.1 Å². The quantitative estimate of drug-likeness (QED) is 0.362. The lowest BCUT2D eigenvalue weighted by molar-refractivity contribution is -0.145. The van der Waals surface area contributed by atoms with Crippen molar-refractivity contribution in [2.75, 3.05) is 32.1 Å². The van der Waals surface area contributed by atoms with E-state index in [2.05, 4.69) is 15.8 Å². The minimum Gasteiger partial charge on any atom is -0.497 e. The molecular weight excluding hydrogens is 400 g/mol. The van der Waals surface area contributed by atoms with Gasteiger partial charge >= 0.3 is 11.8 Å². The standard InChI is InChI=1S/C22H26N4O5/c1-4-26(5-2)22(29)21(28)25-23-14-16-6-10-19(11-7-16)31-15-20(27)24-17-8-12-18(30-3)13-9-17/h6-14H,4-5,15H2,1-3H3,(H,24,27)(H,25,28)/b23-14-. The third kappa shape index (κ3) is 7.46. The first-order chi connectivity index (χ1) is 15.0. The van der Waals surface area contributed by atoms with Crippen LogP contribution in [0, 0.1) is 0 Å². The van der Waals surface area contributed by atoms with E-state index in [1.165, 1.54) is 11.1 Å². The Morgan fingerprint density at radius 2 is 1.58 bits per heavy atom. The minimum atomic E-state index is -0.789. The van der Waals surface area contributed by atoms with E-state index in [1.54, 1.807) is 69.5 Å². The number of nitrogens with one attached hydrogen (secondary N) is 2. The van der Waals surface area contributed by atoms with Gasteiger partial charge in [0.05, 0.1) is 13.3 Å². The fraction of sp³-hybridized carbons (Fsp3) is 0.273. The predicted octanol–water partition coefficient (Wildman–Crippen LogP) is 2.03. The van der Waals surface area contributed by atoms with E-state index in [9.17, 15) is 14.4 Å². The second-order valence-corrected chi connectivity index (χ2v) is 6.31. The molecule has 0 aliphatic carbocycles. The highest BCUT2D eigenvalue weighted by molar-refractivity contribution is 6.34. The van der Waals surface area contributed by atoms with E-state index in [4.69, 9.17) is 9.47 Å². The number of carbonyl (C=O) groups is 3. The first kappa shape index (κ1) is 23.4. The second kappa shape index (κ2) is 12.0. The average molecular weight is 426 g/mol. The molecule has 31 heavy (non-hydrogen) atoms. The molecule has 9 heteroatoms. The molecule has 0 saturated carbocycles. The molecule has 0 aliphatic rings. The minimum absolute atomic E-state index is 0.150. The van der Waals surface area contributed by atoms with E-state index >= 15 is 0 Å². The van der Waals surface area contributed by atoms with Crippen LogP contribution in [0.5, 0.6) is 11.5 Å². The van der Waals surface area contributed by atoms with Crippen LogP contribution in [0.1, 0.15) is 19.4 Å². The maximum Gasteiger partial charge on any atom is 0.329 e. The van der Waals surface area contributed by atoms with Gasteiger partial charge in [-0.25, -0.2) is 5.43 Å². The van der Waals surface area contributed by atoms with E-state index in [0.717, 1.165) is 0 Å². The zero-order valence-electron chi connectivity index (χ0n) is 17.8. The summed E-state index contributed by atoms with van der Waals surface area (Å²) in [6.07, 6.45) is 1.41. The normalized spacial score (nSPS) is 10.4. The number of benzene rings is 2. The number of rotatable bonds is 9. The highest BCUT2D eigenvalue weighted by Gasteiger charge is 2.18. The van der Waals surface area contributed by atoms with Crippen molar-refractivity contribution in [1.29, 1.82) is 0 Å². The van der Waals surface area contributed by atoms with Crippen LogP contribution >= 0.6 is 0 Å². The summed E-state index contributed by atoms with van der Waals surface area (Å²) in [5.74, 6) is -0.506. The lowest BCUT2D eigenvalue weighted by atomic mass is 10.2. The van der Waals surface area contributed by atoms with Crippen molar-refractivity contribution >= 4 is 29.6 Å². The highest BCUT2D eigenvalue weighted by atomic mass is 16.5. The lowest BCUT2D eigenvalue weighted by Gasteiger charge is -2.16. The Morgan fingerprint density at radius 1 is 0.968 bits per heavy atom. The molecule has 0 spiro atoms. The average Bonchev–Trinajstić information content (AvgIpc) is 2.79. The summed E-state index contributed by atoms with van der Waals surface area (Å²) in [4.78, 5) is 37.0. The summed E-state index contributed by atoms with van der Waals surface area (Å²) in [5.41, 5.74) is 3.54. The van der Waals surface area contributed by atoms with Gasteiger partial charge < -0.3 is 19.7 Å². The summed E-state index contributed by atoms with van der Waals surface area (Å²) in [6.45, 7) is 4.34. The van der Waals surface area contributed by atoms with Gasteiger partial charge in [0.25, 0.3) is 5.91 Å². The third-order valence-corrected chi connectivity index (χ3v) is 4.25. The number of likely N-dealkylation sites (N-methyl/N-ethyl adjacent to an activating group) is 1. The molecule has 0 heterocycles. The van der Waals surface area contributed by atoms with E-state index in [-0.39, 0.29) is 12.5 Å². The summed E-state index contributed by atoms with van der Waals surface area (Å²) >= 11 is 0. The maximum atomic E-state index is 12.0. The van der Waals surface area contributed by atoms with Gasteiger partial charge in [-0.1, -0.05) is 0 Å². The molecule has 2 rings (SSSR count). The van der Waals surface area contributed by atoms with Crippen molar-refractivity contribution in [1.82, 2.24) is 10.3 Å². The maximum absolute atomic E-state index is 12.0. The first-order valence-electron chi connectivity index (χ1n) is 9.75. The van der Waals surface area contributed by atoms with Crippen LogP contribution in [0.3, 0.4) is 0 Å². The zero-order valence-corrected chi connectivity index (χ0v) is 17.8. The number of amides is 3. The predicted molar refractivity (Wildman–Crippen MR) is 117 cm³/mol. The molecule has 9 nitrogen and oxygen atoms in total. The molecule has 0 radical (unpaired) electrons. The van der Waals surface area contributed by atoms with Gasteiger partial charge in [-0.05, 0) is 67.9 Å². The number of hydrazone groups is 1. The number of hydrogen-bond donors (Lipinski definition) is 2. The fourth-order valence-corrected chi connectivity index (χ4v) is 2.54. The Balaban J connectivity index is 1.79. The summed E-state index contributed by atoms with van der Waals surface area (Å²) in [5, 5.41) is 6.52. The van der Waals surface area contributed by atoms with Crippen molar-refractivity contribution in [2.45, 2.75) is 13.8 Å². The smallest absolute Gasteiger partial charge is 0.329 e. The Bertz CT molecular complexity index is 907. The van der Waals surface area contributed by atoms with Gasteiger partial charge in [0, 0.05) is 18.8 Å². The van der Waals surface area contributed by atoms with Gasteiger partial charge in [-0.3, -0.25) is 14.4 Å². The second-order valence-electron chi connectivity index (χ2n) is 6.31. The topological polar surface area (TPSA) is 109 Å². The van der Waals surface area contributed by atoms with Crippen LogP contribution < -0.4 is 20.2 Å².